The van der Waals surface area contributed by atoms with Gasteiger partial charge in [0.15, 0.2) is 0 Å². The molecule has 4 aromatic rings. The molecule has 1 fully saturated rings. The Morgan fingerprint density at radius 3 is 2.29 bits per heavy atom. The van der Waals surface area contributed by atoms with Gasteiger partial charge in [0.05, 0.1) is 19.6 Å². The van der Waals surface area contributed by atoms with Crippen molar-refractivity contribution in [3.05, 3.63) is 54.9 Å². The molecule has 31 heavy (non-hydrogen) atoms. The zero-order chi connectivity index (χ0) is 21.2. The molecule has 2 aromatic carbocycles. The maximum atomic E-state index is 6.34. The van der Waals surface area contributed by atoms with Crippen LogP contribution >= 0.6 is 0 Å². The fourth-order valence-corrected chi connectivity index (χ4v) is 4.33. The Bertz CT molecular complexity index is 1180. The Kier molecular flexibility index (Phi) is 5.20. The van der Waals surface area contributed by atoms with E-state index in [1.807, 2.05) is 36.4 Å². The average molecular weight is 415 g/mol. The standard InChI is InChI=1S/C25H25N3O3/c1-29-19-12-17(13-20(14-19)30-2)23-21(16-8-4-3-5-9-16)22-24(26-15-27-25(22)31-23)28-18-10-6-7-11-18/h3-5,8-9,12-15,18H,6-7,10-11H2,1-2H3,(H,26,27,28). The minimum atomic E-state index is 0.428. The van der Waals surface area contributed by atoms with Crippen molar-refractivity contribution >= 4 is 16.9 Å². The zero-order valence-electron chi connectivity index (χ0n) is 17.7. The third-order valence-corrected chi connectivity index (χ3v) is 5.86. The first-order valence-electron chi connectivity index (χ1n) is 10.6. The summed E-state index contributed by atoms with van der Waals surface area (Å²) >= 11 is 0. The average Bonchev–Trinajstić information content (AvgIpc) is 3.47. The van der Waals surface area contributed by atoms with Gasteiger partial charge < -0.3 is 19.2 Å². The van der Waals surface area contributed by atoms with E-state index < -0.39 is 0 Å². The van der Waals surface area contributed by atoms with E-state index in [1.165, 1.54) is 12.8 Å². The van der Waals surface area contributed by atoms with Crippen molar-refractivity contribution in [3.63, 3.8) is 0 Å². The number of hydrogen-bond acceptors (Lipinski definition) is 6. The summed E-state index contributed by atoms with van der Waals surface area (Å²) in [5, 5.41) is 4.54. The maximum Gasteiger partial charge on any atom is 0.232 e. The molecule has 0 atom stereocenters. The second-order valence-electron chi connectivity index (χ2n) is 7.80. The molecule has 6 nitrogen and oxygen atoms in total. The predicted molar refractivity (Wildman–Crippen MR) is 122 cm³/mol. The molecule has 0 amide bonds. The van der Waals surface area contributed by atoms with Crippen LogP contribution in [0, 0.1) is 0 Å². The SMILES string of the molecule is COc1cc(OC)cc(-c2oc3ncnc(NC4CCCC4)c3c2-c2ccccc2)c1. The van der Waals surface area contributed by atoms with E-state index >= 15 is 0 Å². The Hall–Kier alpha value is -3.54. The quantitative estimate of drug-likeness (QED) is 0.421. The Morgan fingerprint density at radius 1 is 0.903 bits per heavy atom. The van der Waals surface area contributed by atoms with E-state index in [0.29, 0.717) is 29.0 Å². The fourth-order valence-electron chi connectivity index (χ4n) is 4.33. The topological polar surface area (TPSA) is 69.4 Å². The third kappa shape index (κ3) is 3.69. The molecular formula is C25H25N3O3. The number of aromatic nitrogens is 2. The zero-order valence-corrected chi connectivity index (χ0v) is 17.7. The third-order valence-electron chi connectivity index (χ3n) is 5.86. The highest BCUT2D eigenvalue weighted by Crippen LogP contribution is 2.44. The molecule has 1 aliphatic rings. The van der Waals surface area contributed by atoms with E-state index in [0.717, 1.165) is 40.7 Å². The smallest absolute Gasteiger partial charge is 0.232 e. The predicted octanol–water partition coefficient (Wildman–Crippen LogP) is 5.93. The first-order valence-corrected chi connectivity index (χ1v) is 10.6. The Balaban J connectivity index is 1.75. The van der Waals surface area contributed by atoms with Crippen LogP contribution in [0.5, 0.6) is 11.5 Å². The highest BCUT2D eigenvalue weighted by Gasteiger charge is 2.24. The number of fused-ring (bicyclic) bond motifs is 1. The molecule has 0 aliphatic heterocycles. The van der Waals surface area contributed by atoms with Gasteiger partial charge in [-0.3, -0.25) is 0 Å². The minimum absolute atomic E-state index is 0.428. The molecule has 2 heterocycles. The van der Waals surface area contributed by atoms with E-state index in [9.17, 15) is 0 Å². The van der Waals surface area contributed by atoms with Crippen LogP contribution in [0.1, 0.15) is 25.7 Å². The summed E-state index contributed by atoms with van der Waals surface area (Å²) in [6, 6.07) is 16.4. The minimum Gasteiger partial charge on any atom is -0.497 e. The Morgan fingerprint density at radius 2 is 1.61 bits per heavy atom. The summed E-state index contributed by atoms with van der Waals surface area (Å²) in [7, 11) is 3.29. The van der Waals surface area contributed by atoms with Crippen LogP contribution in [-0.2, 0) is 0 Å². The van der Waals surface area contributed by atoms with Crippen molar-refractivity contribution in [2.24, 2.45) is 0 Å². The van der Waals surface area contributed by atoms with E-state index in [1.54, 1.807) is 20.5 Å². The van der Waals surface area contributed by atoms with Crippen LogP contribution in [-0.4, -0.2) is 30.2 Å². The van der Waals surface area contributed by atoms with Gasteiger partial charge in [0.25, 0.3) is 0 Å². The van der Waals surface area contributed by atoms with Gasteiger partial charge in [-0.15, -0.1) is 0 Å². The molecule has 5 rings (SSSR count). The second kappa shape index (κ2) is 8.30. The van der Waals surface area contributed by atoms with Crippen molar-refractivity contribution in [2.45, 2.75) is 31.7 Å². The number of benzene rings is 2. The van der Waals surface area contributed by atoms with Gasteiger partial charge in [0.1, 0.15) is 29.4 Å². The highest BCUT2D eigenvalue weighted by molar-refractivity contribution is 6.06. The molecule has 0 spiro atoms. The van der Waals surface area contributed by atoms with Crippen molar-refractivity contribution in [2.75, 3.05) is 19.5 Å². The molecule has 1 N–H and O–H groups in total. The van der Waals surface area contributed by atoms with Crippen molar-refractivity contribution in [1.82, 2.24) is 9.97 Å². The van der Waals surface area contributed by atoms with Gasteiger partial charge in [0.2, 0.25) is 5.71 Å². The van der Waals surface area contributed by atoms with Crippen LogP contribution in [0.3, 0.4) is 0 Å². The lowest BCUT2D eigenvalue weighted by Gasteiger charge is -2.14. The second-order valence-corrected chi connectivity index (χ2v) is 7.80. The van der Waals surface area contributed by atoms with Gasteiger partial charge in [-0.1, -0.05) is 43.2 Å². The normalized spacial score (nSPS) is 14.1. The summed E-state index contributed by atoms with van der Waals surface area (Å²) in [5.74, 6) is 2.93. The number of ether oxygens (including phenoxy) is 2. The molecule has 1 aliphatic carbocycles. The van der Waals surface area contributed by atoms with Crippen molar-refractivity contribution < 1.29 is 13.9 Å². The van der Waals surface area contributed by atoms with Gasteiger partial charge in [0, 0.05) is 23.2 Å². The van der Waals surface area contributed by atoms with E-state index in [4.69, 9.17) is 13.9 Å². The van der Waals surface area contributed by atoms with Crippen LogP contribution in [0.4, 0.5) is 5.82 Å². The van der Waals surface area contributed by atoms with Crippen molar-refractivity contribution in [1.29, 1.82) is 0 Å². The fraction of sp³-hybridized carbons (Fsp3) is 0.280. The molecule has 0 saturated heterocycles. The Labute approximate surface area is 181 Å². The summed E-state index contributed by atoms with van der Waals surface area (Å²) < 4.78 is 17.3. The monoisotopic (exact) mass is 415 g/mol. The first-order chi connectivity index (χ1) is 15.3. The van der Waals surface area contributed by atoms with Gasteiger partial charge in [-0.05, 0) is 30.5 Å². The van der Waals surface area contributed by atoms with E-state index in [-0.39, 0.29) is 0 Å². The van der Waals surface area contributed by atoms with Crippen LogP contribution in [0.2, 0.25) is 0 Å². The first kappa shape index (κ1) is 19.4. The molecule has 2 aromatic heterocycles. The lowest BCUT2D eigenvalue weighted by atomic mass is 9.99. The van der Waals surface area contributed by atoms with Crippen LogP contribution in [0.15, 0.2) is 59.3 Å². The summed E-state index contributed by atoms with van der Waals surface area (Å²) in [5.41, 5.74) is 3.43. The molecule has 0 radical (unpaired) electrons. The number of nitrogens with one attached hydrogen (secondary N) is 1. The number of nitrogens with zero attached hydrogens (tertiary/aromatic N) is 2. The largest absolute Gasteiger partial charge is 0.497 e. The molecule has 0 unspecified atom stereocenters. The highest BCUT2D eigenvalue weighted by atomic mass is 16.5. The lowest BCUT2D eigenvalue weighted by molar-refractivity contribution is 0.394. The number of methoxy groups -OCH3 is 2. The van der Waals surface area contributed by atoms with Gasteiger partial charge >= 0.3 is 0 Å². The van der Waals surface area contributed by atoms with Gasteiger partial charge in [-0.2, -0.15) is 0 Å². The number of hydrogen-bond donors (Lipinski definition) is 1. The van der Waals surface area contributed by atoms with Crippen LogP contribution in [0.25, 0.3) is 33.6 Å². The molecular weight excluding hydrogens is 390 g/mol. The molecule has 158 valence electrons. The summed E-state index contributed by atoms with van der Waals surface area (Å²) in [4.78, 5) is 9.05. The maximum absolute atomic E-state index is 6.34. The number of rotatable bonds is 6. The van der Waals surface area contributed by atoms with E-state index in [2.05, 4.69) is 27.4 Å². The molecule has 1 saturated carbocycles. The summed E-state index contributed by atoms with van der Waals surface area (Å²) in [6.07, 6.45) is 6.37. The molecule has 6 heteroatoms. The van der Waals surface area contributed by atoms with Crippen LogP contribution < -0.4 is 14.8 Å². The lowest BCUT2D eigenvalue weighted by Crippen LogP contribution is -2.15. The van der Waals surface area contributed by atoms with Gasteiger partial charge in [-0.25, -0.2) is 9.97 Å². The number of furan rings is 1. The summed E-state index contributed by atoms with van der Waals surface area (Å²) in [6.45, 7) is 0. The van der Waals surface area contributed by atoms with Crippen molar-refractivity contribution in [3.8, 4) is 33.9 Å². The molecule has 0 bridgehead atoms. The number of anilines is 1.